The van der Waals surface area contributed by atoms with Gasteiger partial charge in [-0.3, -0.25) is 4.79 Å². The summed E-state index contributed by atoms with van der Waals surface area (Å²) in [6, 6.07) is 2.76. The predicted octanol–water partition coefficient (Wildman–Crippen LogP) is 2.88. The van der Waals surface area contributed by atoms with Gasteiger partial charge in [0.2, 0.25) is 0 Å². The molecule has 0 aliphatic carbocycles. The molecular weight excluding hydrogens is 207 g/mol. The number of rotatable bonds is 2. The van der Waals surface area contributed by atoms with E-state index in [-0.39, 0.29) is 23.5 Å². The van der Waals surface area contributed by atoms with E-state index in [0.717, 1.165) is 18.2 Å². The lowest BCUT2D eigenvalue weighted by molar-refractivity contribution is -0.137. The molecule has 1 aromatic carbocycles. The summed E-state index contributed by atoms with van der Waals surface area (Å²) >= 11 is 0. The second kappa shape index (κ2) is 3.92. The van der Waals surface area contributed by atoms with Crippen molar-refractivity contribution in [2.75, 3.05) is 5.73 Å². The van der Waals surface area contributed by atoms with E-state index >= 15 is 0 Å². The minimum absolute atomic E-state index is 0.128. The Hall–Kier alpha value is -1.52. The summed E-state index contributed by atoms with van der Waals surface area (Å²) in [5.41, 5.74) is 4.55. The average Bonchev–Trinajstić information content (AvgIpc) is 2.15. The van der Waals surface area contributed by atoms with Crippen molar-refractivity contribution in [2.24, 2.45) is 0 Å². The monoisotopic (exact) mass is 217 g/mol. The molecule has 0 aliphatic rings. The van der Waals surface area contributed by atoms with Gasteiger partial charge in [0.25, 0.3) is 0 Å². The van der Waals surface area contributed by atoms with Gasteiger partial charge in [-0.25, -0.2) is 0 Å². The van der Waals surface area contributed by atoms with Crippen LogP contribution in [0.2, 0.25) is 0 Å². The van der Waals surface area contributed by atoms with Gasteiger partial charge in [-0.2, -0.15) is 13.2 Å². The van der Waals surface area contributed by atoms with Crippen LogP contribution in [0.3, 0.4) is 0 Å². The van der Waals surface area contributed by atoms with Gasteiger partial charge < -0.3 is 5.73 Å². The molecule has 0 atom stereocenters. The van der Waals surface area contributed by atoms with Crippen LogP contribution in [0.25, 0.3) is 0 Å². The highest BCUT2D eigenvalue weighted by atomic mass is 19.4. The van der Waals surface area contributed by atoms with Crippen LogP contribution in [0.15, 0.2) is 18.2 Å². The average molecular weight is 217 g/mol. The number of nitrogen functional groups attached to an aromatic ring is 1. The maximum absolute atomic E-state index is 12.2. The number of hydrogen-bond donors (Lipinski definition) is 1. The van der Waals surface area contributed by atoms with Crippen molar-refractivity contribution < 1.29 is 18.0 Å². The van der Waals surface area contributed by atoms with Crippen LogP contribution in [-0.4, -0.2) is 5.78 Å². The van der Waals surface area contributed by atoms with E-state index in [0.29, 0.717) is 0 Å². The van der Waals surface area contributed by atoms with Gasteiger partial charge in [0, 0.05) is 17.7 Å². The Labute approximate surface area is 84.9 Å². The van der Waals surface area contributed by atoms with Crippen molar-refractivity contribution in [2.45, 2.75) is 19.5 Å². The van der Waals surface area contributed by atoms with E-state index in [1.54, 1.807) is 6.92 Å². The molecule has 15 heavy (non-hydrogen) atoms. The molecule has 2 nitrogen and oxygen atoms in total. The topological polar surface area (TPSA) is 43.1 Å². The lowest BCUT2D eigenvalue weighted by Crippen LogP contribution is -2.08. The molecule has 0 amide bonds. The van der Waals surface area contributed by atoms with Gasteiger partial charge in [-0.05, 0) is 18.2 Å². The Morgan fingerprint density at radius 3 is 2.40 bits per heavy atom. The van der Waals surface area contributed by atoms with E-state index < -0.39 is 11.7 Å². The Balaban J connectivity index is 3.15. The SMILES string of the molecule is CCC(=O)c1ccc(C(F)(F)F)cc1N. The van der Waals surface area contributed by atoms with E-state index in [1.165, 1.54) is 0 Å². The number of carbonyl (C=O) groups excluding carboxylic acids is 1. The Bertz CT molecular complexity index is 385. The number of alkyl halides is 3. The van der Waals surface area contributed by atoms with E-state index in [4.69, 9.17) is 5.73 Å². The fourth-order valence-corrected chi connectivity index (χ4v) is 1.18. The van der Waals surface area contributed by atoms with Gasteiger partial charge in [-0.15, -0.1) is 0 Å². The zero-order valence-corrected chi connectivity index (χ0v) is 8.06. The summed E-state index contributed by atoms with van der Waals surface area (Å²) in [5, 5.41) is 0. The molecule has 0 heterocycles. The van der Waals surface area contributed by atoms with Crippen molar-refractivity contribution >= 4 is 11.5 Å². The summed E-state index contributed by atoms with van der Waals surface area (Å²) in [5.74, 6) is -0.263. The molecule has 82 valence electrons. The number of benzene rings is 1. The molecule has 5 heteroatoms. The smallest absolute Gasteiger partial charge is 0.398 e. The second-order valence-corrected chi connectivity index (χ2v) is 3.08. The largest absolute Gasteiger partial charge is 0.416 e. The molecule has 1 aromatic rings. The van der Waals surface area contributed by atoms with E-state index in [9.17, 15) is 18.0 Å². The first-order chi connectivity index (χ1) is 6.86. The number of anilines is 1. The lowest BCUT2D eigenvalue weighted by Gasteiger charge is -2.09. The van der Waals surface area contributed by atoms with Crippen LogP contribution < -0.4 is 5.73 Å². The van der Waals surface area contributed by atoms with Crippen molar-refractivity contribution in [1.29, 1.82) is 0 Å². The Morgan fingerprint density at radius 2 is 2.00 bits per heavy atom. The molecule has 1 rings (SSSR count). The third-order valence-corrected chi connectivity index (χ3v) is 2.00. The molecule has 0 saturated heterocycles. The van der Waals surface area contributed by atoms with Crippen LogP contribution in [0.1, 0.15) is 29.3 Å². The summed E-state index contributed by atoms with van der Waals surface area (Å²) in [4.78, 5) is 11.2. The Morgan fingerprint density at radius 1 is 1.40 bits per heavy atom. The molecule has 0 radical (unpaired) electrons. The molecule has 0 bridgehead atoms. The zero-order chi connectivity index (χ0) is 11.6. The van der Waals surface area contributed by atoms with Crippen molar-refractivity contribution in [1.82, 2.24) is 0 Å². The highest BCUT2D eigenvalue weighted by Crippen LogP contribution is 2.31. The van der Waals surface area contributed by atoms with Crippen LogP contribution in [0.5, 0.6) is 0 Å². The normalized spacial score (nSPS) is 11.5. The van der Waals surface area contributed by atoms with E-state index in [2.05, 4.69) is 0 Å². The fourth-order valence-electron chi connectivity index (χ4n) is 1.18. The summed E-state index contributed by atoms with van der Waals surface area (Å²) in [6.07, 6.45) is -4.21. The van der Waals surface area contributed by atoms with Gasteiger partial charge in [-0.1, -0.05) is 6.92 Å². The molecule has 2 N–H and O–H groups in total. The van der Waals surface area contributed by atoms with Gasteiger partial charge >= 0.3 is 6.18 Å². The first-order valence-corrected chi connectivity index (χ1v) is 4.36. The molecule has 0 spiro atoms. The highest BCUT2D eigenvalue weighted by Gasteiger charge is 2.31. The number of ketones is 1. The maximum atomic E-state index is 12.2. The van der Waals surface area contributed by atoms with Gasteiger partial charge in [0.1, 0.15) is 0 Å². The molecular formula is C10H10F3NO. The summed E-state index contributed by atoms with van der Waals surface area (Å²) in [6.45, 7) is 1.62. The number of carbonyl (C=O) groups is 1. The molecule has 0 saturated carbocycles. The highest BCUT2D eigenvalue weighted by molar-refractivity contribution is 6.00. The van der Waals surface area contributed by atoms with Crippen LogP contribution in [0, 0.1) is 0 Å². The molecule has 0 aromatic heterocycles. The Kier molecular flexibility index (Phi) is 3.02. The third-order valence-electron chi connectivity index (χ3n) is 2.00. The first-order valence-electron chi connectivity index (χ1n) is 4.36. The zero-order valence-electron chi connectivity index (χ0n) is 8.06. The summed E-state index contributed by atoms with van der Waals surface area (Å²) in [7, 11) is 0. The maximum Gasteiger partial charge on any atom is 0.416 e. The number of nitrogens with two attached hydrogens (primary N) is 1. The van der Waals surface area contributed by atoms with Crippen LogP contribution >= 0.6 is 0 Å². The summed E-state index contributed by atoms with van der Waals surface area (Å²) < 4.78 is 36.7. The number of Topliss-reactive ketones (excluding diaryl/α,β-unsaturated/α-hetero) is 1. The van der Waals surface area contributed by atoms with E-state index in [1.807, 2.05) is 0 Å². The molecule has 0 unspecified atom stereocenters. The standard InChI is InChI=1S/C10H10F3NO/c1-2-9(15)7-4-3-6(5-8(7)14)10(11,12)13/h3-5H,2,14H2,1H3. The quantitative estimate of drug-likeness (QED) is 0.611. The first kappa shape index (κ1) is 11.6. The molecule has 0 aliphatic heterocycles. The van der Waals surface area contributed by atoms with Crippen molar-refractivity contribution in [3.8, 4) is 0 Å². The number of hydrogen-bond acceptors (Lipinski definition) is 2. The lowest BCUT2D eigenvalue weighted by atomic mass is 10.0. The third kappa shape index (κ3) is 2.49. The minimum Gasteiger partial charge on any atom is -0.398 e. The second-order valence-electron chi connectivity index (χ2n) is 3.08. The van der Waals surface area contributed by atoms with Crippen LogP contribution in [-0.2, 0) is 6.18 Å². The van der Waals surface area contributed by atoms with Crippen LogP contribution in [0.4, 0.5) is 18.9 Å². The van der Waals surface area contributed by atoms with Gasteiger partial charge in [0.15, 0.2) is 5.78 Å². The fraction of sp³-hybridized carbons (Fsp3) is 0.300. The van der Waals surface area contributed by atoms with Gasteiger partial charge in [0.05, 0.1) is 5.56 Å². The van der Waals surface area contributed by atoms with Crippen molar-refractivity contribution in [3.05, 3.63) is 29.3 Å². The minimum atomic E-state index is -4.43. The van der Waals surface area contributed by atoms with Crippen molar-refractivity contribution in [3.63, 3.8) is 0 Å². The number of halogens is 3. The predicted molar refractivity (Wildman–Crippen MR) is 50.5 cm³/mol. The molecule has 0 fully saturated rings.